The summed E-state index contributed by atoms with van der Waals surface area (Å²) in [6.07, 6.45) is 4.91. The zero-order valence-corrected chi connectivity index (χ0v) is 22.8. The van der Waals surface area contributed by atoms with Gasteiger partial charge in [0.1, 0.15) is 17.2 Å². The molecule has 1 N–H and O–H groups in total. The van der Waals surface area contributed by atoms with E-state index in [1.165, 1.54) is 16.0 Å². The number of hydrogen-bond donors (Lipinski definition) is 1. The van der Waals surface area contributed by atoms with Gasteiger partial charge in [0.25, 0.3) is 11.8 Å². The lowest BCUT2D eigenvalue weighted by atomic mass is 10.0. The van der Waals surface area contributed by atoms with Crippen LogP contribution in [-0.4, -0.2) is 62.5 Å². The standard InChI is InChI=1S/C31H25N5O4S/c37-26-9-8-24(28(38)34-26)36-30(39)21-7-6-18(14-22(21)31(36)40)16-35-12-10-20(11-13-35)27-23-15-25(19-4-2-1-3-5-19)41-29(23)33-17-32-27/h1-7,10,14-15,17,24H,8-9,11-13,16H2,(H,34,37,38). The van der Waals surface area contributed by atoms with Crippen molar-refractivity contribution in [3.63, 3.8) is 0 Å². The van der Waals surface area contributed by atoms with Crippen molar-refractivity contribution in [2.75, 3.05) is 13.1 Å². The van der Waals surface area contributed by atoms with Gasteiger partial charge in [-0.2, -0.15) is 0 Å². The number of hydrogen-bond acceptors (Lipinski definition) is 8. The Bertz CT molecular complexity index is 1780. The normalized spacial score (nSPS) is 19.5. The van der Waals surface area contributed by atoms with Crippen LogP contribution in [0.5, 0.6) is 0 Å². The third kappa shape index (κ3) is 4.55. The van der Waals surface area contributed by atoms with E-state index in [0.29, 0.717) is 17.7 Å². The first-order chi connectivity index (χ1) is 20.0. The van der Waals surface area contributed by atoms with E-state index >= 15 is 0 Å². The fourth-order valence-electron chi connectivity index (χ4n) is 5.80. The van der Waals surface area contributed by atoms with Crippen LogP contribution in [0.4, 0.5) is 0 Å². The van der Waals surface area contributed by atoms with E-state index in [4.69, 9.17) is 0 Å². The van der Waals surface area contributed by atoms with Crippen LogP contribution in [0.15, 0.2) is 67.0 Å². The largest absolute Gasteiger partial charge is 0.295 e. The Morgan fingerprint density at radius 3 is 2.54 bits per heavy atom. The molecular weight excluding hydrogens is 538 g/mol. The Morgan fingerprint density at radius 2 is 1.76 bits per heavy atom. The molecule has 0 bridgehead atoms. The van der Waals surface area contributed by atoms with Crippen molar-refractivity contribution >= 4 is 50.8 Å². The van der Waals surface area contributed by atoms with Crippen molar-refractivity contribution in [2.45, 2.75) is 31.8 Å². The molecule has 1 unspecified atom stereocenters. The minimum Gasteiger partial charge on any atom is -0.295 e. The van der Waals surface area contributed by atoms with Crippen molar-refractivity contribution in [1.29, 1.82) is 0 Å². The summed E-state index contributed by atoms with van der Waals surface area (Å²) in [5, 5.41) is 3.30. The quantitative estimate of drug-likeness (QED) is 0.365. The van der Waals surface area contributed by atoms with Gasteiger partial charge in [-0.25, -0.2) is 9.97 Å². The third-order valence-corrected chi connectivity index (χ3v) is 8.99. The van der Waals surface area contributed by atoms with Crippen LogP contribution in [0.3, 0.4) is 0 Å². The molecule has 7 rings (SSSR count). The number of nitrogens with one attached hydrogen (secondary N) is 1. The third-order valence-electron chi connectivity index (χ3n) is 7.90. The Hall–Kier alpha value is -4.54. The van der Waals surface area contributed by atoms with Gasteiger partial charge in [0, 0.05) is 36.3 Å². The highest BCUT2D eigenvalue weighted by Gasteiger charge is 2.44. The zero-order valence-electron chi connectivity index (χ0n) is 22.0. The molecule has 0 aliphatic carbocycles. The van der Waals surface area contributed by atoms with Gasteiger partial charge in [-0.1, -0.05) is 42.5 Å². The molecule has 4 aromatic rings. The van der Waals surface area contributed by atoms with Crippen LogP contribution >= 0.6 is 11.3 Å². The average molecular weight is 564 g/mol. The maximum Gasteiger partial charge on any atom is 0.262 e. The number of benzene rings is 2. The number of amides is 4. The molecule has 9 nitrogen and oxygen atoms in total. The van der Waals surface area contributed by atoms with Gasteiger partial charge in [-0.3, -0.25) is 34.3 Å². The molecule has 3 aliphatic heterocycles. The summed E-state index contributed by atoms with van der Waals surface area (Å²) in [4.78, 5) is 64.6. The second kappa shape index (κ2) is 10.1. The molecule has 0 saturated carbocycles. The molecule has 0 spiro atoms. The molecule has 41 heavy (non-hydrogen) atoms. The Balaban J connectivity index is 1.07. The molecule has 1 fully saturated rings. The summed E-state index contributed by atoms with van der Waals surface area (Å²) in [6, 6.07) is 16.8. The Morgan fingerprint density at radius 1 is 0.927 bits per heavy atom. The van der Waals surface area contributed by atoms with Crippen LogP contribution in [-0.2, 0) is 16.1 Å². The number of carbonyl (C=O) groups is 4. The van der Waals surface area contributed by atoms with Crippen molar-refractivity contribution in [1.82, 2.24) is 25.1 Å². The lowest BCUT2D eigenvalue weighted by Crippen LogP contribution is -2.54. The fourth-order valence-corrected chi connectivity index (χ4v) is 6.81. The molecular formula is C31H25N5O4S. The van der Waals surface area contributed by atoms with Gasteiger partial charge in [-0.05, 0) is 47.7 Å². The van der Waals surface area contributed by atoms with Gasteiger partial charge in [0.2, 0.25) is 11.8 Å². The molecule has 1 saturated heterocycles. The highest BCUT2D eigenvalue weighted by atomic mass is 32.1. The molecule has 1 atom stereocenters. The first-order valence-electron chi connectivity index (χ1n) is 13.5. The highest BCUT2D eigenvalue weighted by Crippen LogP contribution is 2.36. The average Bonchev–Trinajstić information content (AvgIpc) is 3.53. The number of rotatable bonds is 5. The number of carbonyl (C=O) groups excluding carboxylic acids is 4. The molecule has 0 radical (unpaired) electrons. The van der Waals surface area contributed by atoms with Crippen LogP contribution < -0.4 is 5.32 Å². The predicted molar refractivity (Wildman–Crippen MR) is 154 cm³/mol. The smallest absolute Gasteiger partial charge is 0.262 e. The summed E-state index contributed by atoms with van der Waals surface area (Å²) in [6.45, 7) is 2.16. The van der Waals surface area contributed by atoms with Crippen molar-refractivity contribution in [3.05, 3.63) is 89.4 Å². The molecule has 10 heteroatoms. The molecule has 5 heterocycles. The topological polar surface area (TPSA) is 113 Å². The van der Waals surface area contributed by atoms with E-state index in [9.17, 15) is 19.2 Å². The second-order valence-electron chi connectivity index (χ2n) is 10.5. The number of aromatic nitrogens is 2. The minimum absolute atomic E-state index is 0.0979. The van der Waals surface area contributed by atoms with E-state index in [1.807, 2.05) is 24.3 Å². The van der Waals surface area contributed by atoms with E-state index in [1.54, 1.807) is 29.8 Å². The minimum atomic E-state index is -0.963. The molecule has 4 amide bonds. The van der Waals surface area contributed by atoms with Gasteiger partial charge in [0.15, 0.2) is 0 Å². The van der Waals surface area contributed by atoms with Gasteiger partial charge < -0.3 is 0 Å². The monoisotopic (exact) mass is 563 g/mol. The lowest BCUT2D eigenvalue weighted by molar-refractivity contribution is -0.136. The van der Waals surface area contributed by atoms with Crippen LogP contribution in [0, 0.1) is 0 Å². The lowest BCUT2D eigenvalue weighted by Gasteiger charge is -2.27. The van der Waals surface area contributed by atoms with Crippen molar-refractivity contribution in [2.24, 2.45) is 0 Å². The first kappa shape index (κ1) is 25.4. The summed E-state index contributed by atoms with van der Waals surface area (Å²) in [5.41, 5.74) is 4.86. The van der Waals surface area contributed by atoms with E-state index in [2.05, 4.69) is 44.5 Å². The van der Waals surface area contributed by atoms with Crippen molar-refractivity contribution in [3.8, 4) is 10.4 Å². The van der Waals surface area contributed by atoms with Crippen LogP contribution in [0.1, 0.15) is 51.2 Å². The number of piperidine rings is 1. The fraction of sp³-hybridized carbons (Fsp3) is 0.226. The summed E-state index contributed by atoms with van der Waals surface area (Å²) < 4.78 is 0. The molecule has 2 aromatic carbocycles. The summed E-state index contributed by atoms with van der Waals surface area (Å²) >= 11 is 1.67. The first-order valence-corrected chi connectivity index (χ1v) is 14.3. The van der Waals surface area contributed by atoms with Gasteiger partial charge in [-0.15, -0.1) is 11.3 Å². The van der Waals surface area contributed by atoms with Crippen LogP contribution in [0.2, 0.25) is 0 Å². The number of imide groups is 2. The summed E-state index contributed by atoms with van der Waals surface area (Å²) in [5.74, 6) is -1.97. The maximum atomic E-state index is 13.2. The van der Waals surface area contributed by atoms with E-state index in [-0.39, 0.29) is 18.7 Å². The molecule has 2 aromatic heterocycles. The SMILES string of the molecule is O=C1CCC(N2C(=O)c3ccc(CN4CC=C(c5ncnc6sc(-c7ccccc7)cc56)CC4)cc3C2=O)C(=O)N1. The second-order valence-corrected chi connectivity index (χ2v) is 11.5. The Labute approximate surface area is 239 Å². The van der Waals surface area contributed by atoms with Crippen LogP contribution in [0.25, 0.3) is 26.2 Å². The van der Waals surface area contributed by atoms with Gasteiger partial charge >= 0.3 is 0 Å². The van der Waals surface area contributed by atoms with Gasteiger partial charge in [0.05, 0.1) is 16.8 Å². The predicted octanol–water partition coefficient (Wildman–Crippen LogP) is 4.05. The van der Waals surface area contributed by atoms with Crippen molar-refractivity contribution < 1.29 is 19.2 Å². The maximum absolute atomic E-state index is 13.2. The van der Waals surface area contributed by atoms with E-state index < -0.39 is 23.8 Å². The highest BCUT2D eigenvalue weighted by molar-refractivity contribution is 7.21. The number of nitrogens with zero attached hydrogens (tertiary/aromatic N) is 4. The molecule has 204 valence electrons. The summed E-state index contributed by atoms with van der Waals surface area (Å²) in [7, 11) is 0. The molecule has 3 aliphatic rings. The Kier molecular flexibility index (Phi) is 6.29. The number of thiophene rings is 1. The van der Waals surface area contributed by atoms with E-state index in [0.717, 1.165) is 45.9 Å². The zero-order chi connectivity index (χ0) is 28.1. The number of fused-ring (bicyclic) bond motifs is 2.